The Morgan fingerprint density at radius 2 is 2.10 bits per heavy atom. The van der Waals surface area contributed by atoms with E-state index in [2.05, 4.69) is 15.5 Å². The fourth-order valence-electron chi connectivity index (χ4n) is 3.10. The van der Waals surface area contributed by atoms with E-state index >= 15 is 0 Å². The summed E-state index contributed by atoms with van der Waals surface area (Å²) in [7, 11) is 1.67. The first kappa shape index (κ1) is 17.7. The van der Waals surface area contributed by atoms with Gasteiger partial charge >= 0.3 is 0 Å². The van der Waals surface area contributed by atoms with Gasteiger partial charge in [-0.1, -0.05) is 6.42 Å². The number of hydrogen-bond acceptors (Lipinski definition) is 4. The molecule has 0 spiro atoms. The van der Waals surface area contributed by atoms with Gasteiger partial charge in [-0.05, 0) is 38.9 Å². The number of piperidine rings is 1. The van der Waals surface area contributed by atoms with Crippen LogP contribution < -0.4 is 10.6 Å². The third-order valence-electron chi connectivity index (χ3n) is 4.31. The lowest BCUT2D eigenvalue weighted by molar-refractivity contribution is -0.133. The van der Waals surface area contributed by atoms with Gasteiger partial charge in [-0.25, -0.2) is 0 Å². The van der Waals surface area contributed by atoms with Crippen LogP contribution in [0.2, 0.25) is 0 Å². The number of rotatable bonds is 6. The van der Waals surface area contributed by atoms with Crippen molar-refractivity contribution in [3.8, 4) is 0 Å². The first-order chi connectivity index (χ1) is 9.27. The van der Waals surface area contributed by atoms with Crippen molar-refractivity contribution in [2.75, 3.05) is 53.0 Å². The number of likely N-dealkylation sites (tertiary alicyclic amines) is 1. The van der Waals surface area contributed by atoms with Crippen LogP contribution in [0.25, 0.3) is 0 Å². The van der Waals surface area contributed by atoms with Gasteiger partial charge < -0.3 is 20.3 Å². The molecule has 1 unspecified atom stereocenters. The van der Waals surface area contributed by atoms with Gasteiger partial charge in [-0.3, -0.25) is 4.79 Å². The molecule has 0 aromatic rings. The molecule has 20 heavy (non-hydrogen) atoms. The van der Waals surface area contributed by atoms with Crippen LogP contribution in [0.1, 0.15) is 25.7 Å². The Labute approximate surface area is 128 Å². The zero-order valence-corrected chi connectivity index (χ0v) is 13.3. The van der Waals surface area contributed by atoms with Gasteiger partial charge in [0.15, 0.2) is 0 Å². The largest absolute Gasteiger partial charge is 0.384 e. The maximum atomic E-state index is 12.3. The number of halogens is 1. The summed E-state index contributed by atoms with van der Waals surface area (Å²) in [4.78, 5) is 14.8. The third kappa shape index (κ3) is 4.58. The molecule has 0 radical (unpaired) electrons. The van der Waals surface area contributed by atoms with Gasteiger partial charge in [-0.15, -0.1) is 12.4 Å². The van der Waals surface area contributed by atoms with Gasteiger partial charge in [0, 0.05) is 26.7 Å². The number of carbonyl (C=O) groups is 1. The molecule has 0 bridgehead atoms. The highest BCUT2D eigenvalue weighted by molar-refractivity contribution is 5.85. The molecule has 0 saturated carbocycles. The summed E-state index contributed by atoms with van der Waals surface area (Å²) in [6, 6.07) is 0. The Balaban J connectivity index is 0.00000200. The van der Waals surface area contributed by atoms with E-state index in [0.29, 0.717) is 6.61 Å². The van der Waals surface area contributed by atoms with E-state index < -0.39 is 0 Å². The van der Waals surface area contributed by atoms with Crippen molar-refractivity contribution in [3.63, 3.8) is 0 Å². The lowest BCUT2D eigenvalue weighted by atomic mass is 9.87. The first-order valence-electron chi connectivity index (χ1n) is 7.47. The minimum atomic E-state index is -0.351. The predicted molar refractivity (Wildman–Crippen MR) is 82.3 cm³/mol. The van der Waals surface area contributed by atoms with Crippen LogP contribution in [0, 0.1) is 5.41 Å². The fraction of sp³-hybridized carbons (Fsp3) is 0.929. The maximum absolute atomic E-state index is 12.3. The number of carbonyl (C=O) groups excluding carboxylic acids is 1. The SMILES string of the molecule is COCC1(C(=O)NCCN2CCCCC2)CCNC1.Cl. The monoisotopic (exact) mass is 305 g/mol. The number of methoxy groups -OCH3 is 1. The second-order valence-electron chi connectivity index (χ2n) is 5.80. The Kier molecular flexibility index (Phi) is 7.80. The molecule has 0 aliphatic carbocycles. The Hall–Kier alpha value is -0.360. The van der Waals surface area contributed by atoms with Gasteiger partial charge in [0.1, 0.15) is 0 Å². The summed E-state index contributed by atoms with van der Waals surface area (Å²) in [5.74, 6) is 0.149. The smallest absolute Gasteiger partial charge is 0.229 e. The summed E-state index contributed by atoms with van der Waals surface area (Å²) in [6.07, 6.45) is 4.82. The number of amides is 1. The second kappa shape index (κ2) is 8.82. The lowest BCUT2D eigenvalue weighted by Gasteiger charge is -2.29. The molecule has 1 atom stereocenters. The summed E-state index contributed by atoms with van der Waals surface area (Å²) in [6.45, 7) is 6.24. The van der Waals surface area contributed by atoms with Crippen LogP contribution >= 0.6 is 12.4 Å². The van der Waals surface area contributed by atoms with Crippen molar-refractivity contribution in [3.05, 3.63) is 0 Å². The lowest BCUT2D eigenvalue weighted by Crippen LogP contribution is -2.47. The summed E-state index contributed by atoms with van der Waals surface area (Å²) >= 11 is 0. The van der Waals surface area contributed by atoms with Crippen LogP contribution in [0.4, 0.5) is 0 Å². The average molecular weight is 306 g/mol. The number of hydrogen-bond donors (Lipinski definition) is 2. The highest BCUT2D eigenvalue weighted by atomic mass is 35.5. The molecule has 2 aliphatic rings. The molecule has 0 aromatic heterocycles. The quantitative estimate of drug-likeness (QED) is 0.756. The topological polar surface area (TPSA) is 53.6 Å². The van der Waals surface area contributed by atoms with Crippen LogP contribution in [0.3, 0.4) is 0 Å². The van der Waals surface area contributed by atoms with E-state index in [1.807, 2.05) is 0 Å². The molecule has 1 amide bonds. The van der Waals surface area contributed by atoms with E-state index in [1.54, 1.807) is 7.11 Å². The number of nitrogens with zero attached hydrogens (tertiary/aromatic N) is 1. The molecule has 2 heterocycles. The van der Waals surface area contributed by atoms with Crippen molar-refractivity contribution in [1.29, 1.82) is 0 Å². The molecule has 118 valence electrons. The van der Waals surface area contributed by atoms with E-state index in [-0.39, 0.29) is 23.7 Å². The second-order valence-corrected chi connectivity index (χ2v) is 5.80. The van der Waals surface area contributed by atoms with E-state index in [4.69, 9.17) is 4.74 Å². The molecule has 2 rings (SSSR count). The minimum Gasteiger partial charge on any atom is -0.384 e. The third-order valence-corrected chi connectivity index (χ3v) is 4.31. The van der Waals surface area contributed by atoms with Crippen molar-refractivity contribution in [2.24, 2.45) is 5.41 Å². The van der Waals surface area contributed by atoms with Crippen LogP contribution in [-0.2, 0) is 9.53 Å². The highest BCUT2D eigenvalue weighted by Gasteiger charge is 2.41. The molecule has 6 heteroatoms. The van der Waals surface area contributed by atoms with E-state index in [1.165, 1.54) is 32.4 Å². The Bertz CT molecular complexity index is 290. The molecule has 2 N–H and O–H groups in total. The van der Waals surface area contributed by atoms with Crippen molar-refractivity contribution < 1.29 is 9.53 Å². The van der Waals surface area contributed by atoms with E-state index in [9.17, 15) is 4.79 Å². The minimum absolute atomic E-state index is 0. The molecule has 2 fully saturated rings. The molecule has 0 aromatic carbocycles. The summed E-state index contributed by atoms with van der Waals surface area (Å²) in [5, 5.41) is 6.36. The Morgan fingerprint density at radius 3 is 2.70 bits per heavy atom. The van der Waals surface area contributed by atoms with Crippen molar-refractivity contribution in [1.82, 2.24) is 15.5 Å². The molecule has 5 nitrogen and oxygen atoms in total. The maximum Gasteiger partial charge on any atom is 0.229 e. The molecular weight excluding hydrogens is 278 g/mol. The first-order valence-corrected chi connectivity index (χ1v) is 7.47. The molecular formula is C14H28ClN3O2. The molecule has 2 aliphatic heterocycles. The molecule has 2 saturated heterocycles. The zero-order chi connectivity index (χ0) is 13.6. The van der Waals surface area contributed by atoms with Crippen molar-refractivity contribution in [2.45, 2.75) is 25.7 Å². The van der Waals surface area contributed by atoms with Crippen molar-refractivity contribution >= 4 is 18.3 Å². The average Bonchev–Trinajstić information content (AvgIpc) is 2.90. The standard InChI is InChI=1S/C14H27N3O2.ClH/c1-19-12-14(5-6-15-11-14)13(18)16-7-10-17-8-3-2-4-9-17;/h15H,2-12H2,1H3,(H,16,18);1H. The Morgan fingerprint density at radius 1 is 1.35 bits per heavy atom. The van der Waals surface area contributed by atoms with Gasteiger partial charge in [0.25, 0.3) is 0 Å². The predicted octanol–water partition coefficient (Wildman–Crippen LogP) is 0.636. The summed E-state index contributed by atoms with van der Waals surface area (Å²) < 4.78 is 5.24. The highest BCUT2D eigenvalue weighted by Crippen LogP contribution is 2.25. The van der Waals surface area contributed by atoms with Crippen LogP contribution in [0.15, 0.2) is 0 Å². The van der Waals surface area contributed by atoms with Gasteiger partial charge in [0.2, 0.25) is 5.91 Å². The summed E-state index contributed by atoms with van der Waals surface area (Å²) in [5.41, 5.74) is -0.351. The van der Waals surface area contributed by atoms with Crippen LogP contribution in [0.5, 0.6) is 0 Å². The number of ether oxygens (including phenoxy) is 1. The zero-order valence-electron chi connectivity index (χ0n) is 12.5. The fourth-order valence-corrected chi connectivity index (χ4v) is 3.10. The van der Waals surface area contributed by atoms with Crippen LogP contribution in [-0.4, -0.2) is 63.8 Å². The van der Waals surface area contributed by atoms with Gasteiger partial charge in [-0.2, -0.15) is 0 Å². The number of nitrogens with one attached hydrogen (secondary N) is 2. The normalized spacial score (nSPS) is 27.1. The van der Waals surface area contributed by atoms with Gasteiger partial charge in [0.05, 0.1) is 12.0 Å². The van der Waals surface area contributed by atoms with E-state index in [0.717, 1.165) is 32.6 Å².